The van der Waals surface area contributed by atoms with Crippen LogP contribution < -0.4 is 15.4 Å². The van der Waals surface area contributed by atoms with Gasteiger partial charge in [-0.15, -0.1) is 24.0 Å². The van der Waals surface area contributed by atoms with Crippen molar-refractivity contribution in [1.82, 2.24) is 10.6 Å². The first kappa shape index (κ1) is 23.0. The van der Waals surface area contributed by atoms with Gasteiger partial charge in [0, 0.05) is 30.7 Å². The minimum Gasteiger partial charge on any atom is -0.497 e. The smallest absolute Gasteiger partial charge is 0.191 e. The highest BCUT2D eigenvalue weighted by molar-refractivity contribution is 14.0. The summed E-state index contributed by atoms with van der Waals surface area (Å²) in [6.45, 7) is 0.830. The number of nitrogens with one attached hydrogen (secondary N) is 2. The van der Waals surface area contributed by atoms with E-state index in [0.717, 1.165) is 5.56 Å². The molecule has 0 heterocycles. The van der Waals surface area contributed by atoms with Crippen molar-refractivity contribution in [2.45, 2.75) is 13.0 Å². The second kappa shape index (κ2) is 11.6. The molecular weight excluding hydrogens is 482 g/mol. The van der Waals surface area contributed by atoms with Gasteiger partial charge in [-0.05, 0) is 42.3 Å². The molecule has 0 unspecified atom stereocenters. The molecular formula is C19H21ClFIN4O. The molecule has 0 saturated heterocycles. The Balaban J connectivity index is 0.00000364. The van der Waals surface area contributed by atoms with Crippen molar-refractivity contribution in [3.63, 3.8) is 0 Å². The van der Waals surface area contributed by atoms with Gasteiger partial charge in [-0.2, -0.15) is 5.26 Å². The van der Waals surface area contributed by atoms with Crippen LogP contribution in [0.4, 0.5) is 4.39 Å². The molecule has 0 atom stereocenters. The highest BCUT2D eigenvalue weighted by Crippen LogP contribution is 2.22. The van der Waals surface area contributed by atoms with Crippen molar-refractivity contribution in [2.75, 3.05) is 20.7 Å². The van der Waals surface area contributed by atoms with Crippen molar-refractivity contribution in [3.05, 3.63) is 63.9 Å². The minimum atomic E-state index is -0.364. The largest absolute Gasteiger partial charge is 0.497 e. The van der Waals surface area contributed by atoms with E-state index in [4.69, 9.17) is 21.6 Å². The van der Waals surface area contributed by atoms with E-state index < -0.39 is 0 Å². The van der Waals surface area contributed by atoms with Gasteiger partial charge in [0.15, 0.2) is 5.96 Å². The molecule has 0 aliphatic rings. The molecule has 0 radical (unpaired) electrons. The third-order valence-electron chi connectivity index (χ3n) is 3.79. The molecule has 0 fully saturated rings. The molecule has 5 nitrogen and oxygen atoms in total. The number of benzene rings is 2. The Morgan fingerprint density at radius 2 is 2.00 bits per heavy atom. The van der Waals surface area contributed by atoms with E-state index in [1.165, 1.54) is 18.2 Å². The molecule has 2 N–H and O–H groups in total. The minimum absolute atomic E-state index is 0. The Labute approximate surface area is 180 Å². The zero-order valence-electron chi connectivity index (χ0n) is 15.1. The SMILES string of the molecule is CN=C(NCCc1ccc(OC)cc1Cl)NCc1cc(C#N)ccc1F.I. The standard InChI is InChI=1S/C19H20ClFN4O.HI/c1-23-19(25-12-15-9-13(11-22)3-6-18(15)21)24-8-7-14-4-5-16(26-2)10-17(14)20;/h3-6,9-10H,7-8,12H2,1-2H3,(H2,23,24,25);1H. The molecule has 27 heavy (non-hydrogen) atoms. The number of guanidine groups is 1. The fraction of sp³-hybridized carbons (Fsp3) is 0.263. The monoisotopic (exact) mass is 502 g/mol. The highest BCUT2D eigenvalue weighted by Gasteiger charge is 2.06. The second-order valence-electron chi connectivity index (χ2n) is 5.48. The van der Waals surface area contributed by atoms with Crippen molar-refractivity contribution in [3.8, 4) is 11.8 Å². The Morgan fingerprint density at radius 3 is 2.63 bits per heavy atom. The first-order chi connectivity index (χ1) is 12.6. The maximum atomic E-state index is 13.8. The van der Waals surface area contributed by atoms with E-state index >= 15 is 0 Å². The number of ether oxygens (including phenoxy) is 1. The summed E-state index contributed by atoms with van der Waals surface area (Å²) in [4.78, 5) is 4.11. The Hall–Kier alpha value is -2.05. The van der Waals surface area contributed by atoms with Crippen molar-refractivity contribution in [2.24, 2.45) is 4.99 Å². The van der Waals surface area contributed by atoms with Crippen molar-refractivity contribution >= 4 is 41.5 Å². The van der Waals surface area contributed by atoms with Crippen LogP contribution in [0, 0.1) is 17.1 Å². The number of aliphatic imine (C=N–C) groups is 1. The quantitative estimate of drug-likeness (QED) is 0.357. The van der Waals surface area contributed by atoms with Crippen molar-refractivity contribution in [1.29, 1.82) is 5.26 Å². The van der Waals surface area contributed by atoms with Gasteiger partial charge in [0.05, 0.1) is 18.7 Å². The summed E-state index contributed by atoms with van der Waals surface area (Å²) in [6, 6.07) is 11.8. The molecule has 144 valence electrons. The number of hydrogen-bond donors (Lipinski definition) is 2. The van der Waals surface area contributed by atoms with Gasteiger partial charge < -0.3 is 15.4 Å². The summed E-state index contributed by atoms with van der Waals surface area (Å²) >= 11 is 6.22. The van der Waals surface area contributed by atoms with Gasteiger partial charge in [-0.25, -0.2) is 4.39 Å². The first-order valence-corrected chi connectivity index (χ1v) is 8.40. The van der Waals surface area contributed by atoms with Crippen LogP contribution >= 0.6 is 35.6 Å². The number of halogens is 3. The van der Waals surface area contributed by atoms with Crippen LogP contribution in [0.15, 0.2) is 41.4 Å². The van der Waals surface area contributed by atoms with Gasteiger partial charge in [0.25, 0.3) is 0 Å². The van der Waals surface area contributed by atoms with E-state index in [9.17, 15) is 4.39 Å². The summed E-state index contributed by atoms with van der Waals surface area (Å²) in [5.74, 6) is 0.888. The topological polar surface area (TPSA) is 69.4 Å². The Kier molecular flexibility index (Phi) is 9.89. The lowest BCUT2D eigenvalue weighted by Gasteiger charge is -2.13. The molecule has 0 saturated carbocycles. The van der Waals surface area contributed by atoms with Gasteiger partial charge in [-0.1, -0.05) is 17.7 Å². The fourth-order valence-corrected chi connectivity index (χ4v) is 2.62. The summed E-state index contributed by atoms with van der Waals surface area (Å²) in [7, 11) is 3.23. The Morgan fingerprint density at radius 1 is 1.22 bits per heavy atom. The molecule has 2 rings (SSSR count). The predicted octanol–water partition coefficient (Wildman–Crippen LogP) is 3.89. The zero-order chi connectivity index (χ0) is 18.9. The normalized spacial score (nSPS) is 10.6. The maximum absolute atomic E-state index is 13.8. The summed E-state index contributed by atoms with van der Waals surface area (Å²) in [5, 5.41) is 15.7. The number of nitriles is 1. The molecule has 8 heteroatoms. The molecule has 2 aromatic rings. The average molecular weight is 503 g/mol. The van der Waals surface area contributed by atoms with Crippen LogP contribution in [0.2, 0.25) is 5.02 Å². The van der Waals surface area contributed by atoms with Gasteiger partial charge in [0.1, 0.15) is 11.6 Å². The molecule has 0 bridgehead atoms. The van der Waals surface area contributed by atoms with Gasteiger partial charge in [-0.3, -0.25) is 4.99 Å². The predicted molar refractivity (Wildman–Crippen MR) is 116 cm³/mol. The lowest BCUT2D eigenvalue weighted by Crippen LogP contribution is -2.38. The molecule has 0 spiro atoms. The van der Waals surface area contributed by atoms with Crippen LogP contribution in [-0.2, 0) is 13.0 Å². The fourth-order valence-electron chi connectivity index (χ4n) is 2.35. The number of nitrogens with zero attached hydrogens (tertiary/aromatic N) is 2. The average Bonchev–Trinajstić information content (AvgIpc) is 2.66. The van der Waals surface area contributed by atoms with E-state index in [0.29, 0.717) is 40.8 Å². The Bertz CT molecular complexity index is 839. The number of hydrogen-bond acceptors (Lipinski definition) is 3. The van der Waals surface area contributed by atoms with Gasteiger partial charge >= 0.3 is 0 Å². The third kappa shape index (κ3) is 6.88. The molecule has 0 aromatic heterocycles. The lowest BCUT2D eigenvalue weighted by atomic mass is 10.1. The van der Waals surface area contributed by atoms with E-state index in [2.05, 4.69) is 15.6 Å². The van der Waals surface area contributed by atoms with E-state index in [-0.39, 0.29) is 36.3 Å². The summed E-state index contributed by atoms with van der Waals surface area (Å²) in [5.41, 5.74) is 1.81. The first-order valence-electron chi connectivity index (χ1n) is 8.03. The summed E-state index contributed by atoms with van der Waals surface area (Å²) < 4.78 is 18.9. The molecule has 2 aromatic carbocycles. The number of methoxy groups -OCH3 is 1. The number of rotatable bonds is 6. The van der Waals surface area contributed by atoms with Crippen LogP contribution in [0.5, 0.6) is 5.75 Å². The van der Waals surface area contributed by atoms with Crippen LogP contribution in [-0.4, -0.2) is 26.7 Å². The van der Waals surface area contributed by atoms with Crippen LogP contribution in [0.1, 0.15) is 16.7 Å². The summed E-state index contributed by atoms with van der Waals surface area (Å²) in [6.07, 6.45) is 0.696. The van der Waals surface area contributed by atoms with E-state index in [1.807, 2.05) is 18.2 Å². The molecule has 0 aliphatic heterocycles. The van der Waals surface area contributed by atoms with Crippen molar-refractivity contribution < 1.29 is 9.13 Å². The van der Waals surface area contributed by atoms with Crippen LogP contribution in [0.3, 0.4) is 0 Å². The maximum Gasteiger partial charge on any atom is 0.191 e. The molecule has 0 amide bonds. The third-order valence-corrected chi connectivity index (χ3v) is 4.14. The lowest BCUT2D eigenvalue weighted by molar-refractivity contribution is 0.414. The highest BCUT2D eigenvalue weighted by atomic mass is 127. The van der Waals surface area contributed by atoms with Gasteiger partial charge in [0.2, 0.25) is 0 Å². The zero-order valence-corrected chi connectivity index (χ0v) is 18.1. The van der Waals surface area contributed by atoms with E-state index in [1.54, 1.807) is 20.2 Å². The second-order valence-corrected chi connectivity index (χ2v) is 5.89. The van der Waals surface area contributed by atoms with Crippen LogP contribution in [0.25, 0.3) is 0 Å². The molecule has 0 aliphatic carbocycles.